The number of hydrogen-bond donors (Lipinski definition) is 0. The number of piperidine rings is 1. The second kappa shape index (κ2) is 8.61. The Morgan fingerprint density at radius 3 is 2.39 bits per heavy atom. The molecule has 0 bridgehead atoms. The van der Waals surface area contributed by atoms with Crippen LogP contribution >= 0.6 is 0 Å². The molecule has 0 radical (unpaired) electrons. The predicted molar refractivity (Wildman–Crippen MR) is 117 cm³/mol. The van der Waals surface area contributed by atoms with Crippen LogP contribution in [0.1, 0.15) is 47.7 Å². The van der Waals surface area contributed by atoms with E-state index in [2.05, 4.69) is 0 Å². The highest BCUT2D eigenvalue weighted by molar-refractivity contribution is 6.00. The van der Waals surface area contributed by atoms with Gasteiger partial charge in [0.15, 0.2) is 23.9 Å². The van der Waals surface area contributed by atoms with Crippen molar-refractivity contribution < 1.29 is 23.8 Å². The minimum absolute atomic E-state index is 0.0435. The first kappa shape index (κ1) is 21.2. The smallest absolute Gasteiger partial charge is 0.260 e. The third-order valence-corrected chi connectivity index (χ3v) is 6.23. The first-order valence-corrected chi connectivity index (χ1v) is 10.9. The highest BCUT2D eigenvalue weighted by atomic mass is 16.5. The SMILES string of the molecule is CCOc1ccccc1OCC(=O)N1CCC2(CC1)CC(=O)c1cc(C)c(C)cc1O2. The highest BCUT2D eigenvalue weighted by Crippen LogP contribution is 2.40. The lowest BCUT2D eigenvalue weighted by Crippen LogP contribution is -2.53. The number of para-hydroxylation sites is 2. The van der Waals surface area contributed by atoms with Crippen LogP contribution in [0.15, 0.2) is 36.4 Å². The Kier molecular flexibility index (Phi) is 5.90. The number of carbonyl (C=O) groups is 2. The molecule has 2 aromatic rings. The molecule has 1 fully saturated rings. The van der Waals surface area contributed by atoms with Crippen molar-refractivity contribution in [3.05, 3.63) is 53.1 Å². The van der Waals surface area contributed by atoms with Crippen LogP contribution in [0.4, 0.5) is 0 Å². The van der Waals surface area contributed by atoms with Crippen molar-refractivity contribution >= 4 is 11.7 Å². The second-order valence-corrected chi connectivity index (χ2v) is 8.37. The lowest BCUT2D eigenvalue weighted by Gasteiger charge is -2.44. The quantitative estimate of drug-likeness (QED) is 0.724. The van der Waals surface area contributed by atoms with E-state index in [9.17, 15) is 9.59 Å². The summed E-state index contributed by atoms with van der Waals surface area (Å²) in [4.78, 5) is 27.3. The molecule has 0 aromatic heterocycles. The molecule has 0 atom stereocenters. The first-order valence-electron chi connectivity index (χ1n) is 10.9. The summed E-state index contributed by atoms with van der Waals surface area (Å²) in [7, 11) is 0. The average Bonchev–Trinajstić information content (AvgIpc) is 2.75. The summed E-state index contributed by atoms with van der Waals surface area (Å²) in [6.07, 6.45) is 1.63. The van der Waals surface area contributed by atoms with Crippen LogP contribution < -0.4 is 14.2 Å². The fourth-order valence-electron chi connectivity index (χ4n) is 4.27. The van der Waals surface area contributed by atoms with Crippen molar-refractivity contribution in [2.45, 2.75) is 45.6 Å². The summed E-state index contributed by atoms with van der Waals surface area (Å²) in [5, 5.41) is 0. The van der Waals surface area contributed by atoms with Gasteiger partial charge in [0.1, 0.15) is 11.4 Å². The van der Waals surface area contributed by atoms with Gasteiger partial charge in [-0.1, -0.05) is 12.1 Å². The zero-order chi connectivity index (χ0) is 22.0. The Morgan fingerprint density at radius 2 is 1.71 bits per heavy atom. The predicted octanol–water partition coefficient (Wildman–Crippen LogP) is 4.11. The van der Waals surface area contributed by atoms with E-state index in [-0.39, 0.29) is 18.3 Å². The van der Waals surface area contributed by atoms with Gasteiger partial charge in [0.2, 0.25) is 0 Å². The van der Waals surface area contributed by atoms with Crippen LogP contribution in [0.25, 0.3) is 0 Å². The molecule has 31 heavy (non-hydrogen) atoms. The maximum atomic E-state index is 12.8. The number of rotatable bonds is 5. The maximum Gasteiger partial charge on any atom is 0.260 e. The van der Waals surface area contributed by atoms with E-state index in [1.165, 1.54) is 0 Å². The lowest BCUT2D eigenvalue weighted by atomic mass is 9.82. The number of carbonyl (C=O) groups excluding carboxylic acids is 2. The van der Waals surface area contributed by atoms with E-state index < -0.39 is 5.60 Å². The third kappa shape index (κ3) is 4.38. The third-order valence-electron chi connectivity index (χ3n) is 6.23. The van der Waals surface area contributed by atoms with Gasteiger partial charge in [-0.2, -0.15) is 0 Å². The van der Waals surface area contributed by atoms with E-state index >= 15 is 0 Å². The molecule has 0 unspecified atom stereocenters. The van der Waals surface area contributed by atoms with Crippen LogP contribution in [0.5, 0.6) is 17.2 Å². The zero-order valence-electron chi connectivity index (χ0n) is 18.4. The number of ketones is 1. The van der Waals surface area contributed by atoms with Crippen molar-refractivity contribution in [2.75, 3.05) is 26.3 Å². The highest BCUT2D eigenvalue weighted by Gasteiger charge is 2.43. The number of benzene rings is 2. The molecule has 0 aliphatic carbocycles. The molecule has 2 aromatic carbocycles. The number of aryl methyl sites for hydroxylation is 2. The van der Waals surface area contributed by atoms with Crippen LogP contribution in [0.2, 0.25) is 0 Å². The number of amides is 1. The van der Waals surface area contributed by atoms with E-state index in [4.69, 9.17) is 14.2 Å². The van der Waals surface area contributed by atoms with Gasteiger partial charge in [0, 0.05) is 25.9 Å². The summed E-state index contributed by atoms with van der Waals surface area (Å²) < 4.78 is 17.6. The average molecular weight is 424 g/mol. The normalized spacial score (nSPS) is 17.1. The molecule has 1 amide bonds. The van der Waals surface area contributed by atoms with Gasteiger partial charge in [-0.3, -0.25) is 9.59 Å². The molecule has 4 rings (SSSR count). The fourth-order valence-corrected chi connectivity index (χ4v) is 4.27. The molecule has 0 N–H and O–H groups in total. The van der Waals surface area contributed by atoms with E-state index in [0.717, 1.165) is 11.1 Å². The Balaban J connectivity index is 1.37. The van der Waals surface area contributed by atoms with Gasteiger partial charge in [0.25, 0.3) is 5.91 Å². The van der Waals surface area contributed by atoms with Crippen LogP contribution in [-0.4, -0.2) is 48.5 Å². The monoisotopic (exact) mass is 423 g/mol. The molecule has 6 heteroatoms. The van der Waals surface area contributed by atoms with Gasteiger partial charge in [-0.05, 0) is 56.2 Å². The van der Waals surface area contributed by atoms with Gasteiger partial charge in [-0.25, -0.2) is 0 Å². The number of fused-ring (bicyclic) bond motifs is 1. The minimum Gasteiger partial charge on any atom is -0.490 e. The molecule has 2 heterocycles. The number of hydrogen-bond acceptors (Lipinski definition) is 5. The van der Waals surface area contributed by atoms with Crippen molar-refractivity contribution in [1.29, 1.82) is 0 Å². The number of Topliss-reactive ketones (excluding diaryl/α,β-unsaturated/α-hetero) is 1. The van der Waals surface area contributed by atoms with Gasteiger partial charge >= 0.3 is 0 Å². The number of ether oxygens (including phenoxy) is 3. The van der Waals surface area contributed by atoms with Gasteiger partial charge in [-0.15, -0.1) is 0 Å². The Bertz CT molecular complexity index is 991. The Labute approximate surface area is 183 Å². The van der Waals surface area contributed by atoms with Crippen molar-refractivity contribution in [2.24, 2.45) is 0 Å². The molecule has 0 saturated carbocycles. The van der Waals surface area contributed by atoms with Crippen molar-refractivity contribution in [3.63, 3.8) is 0 Å². The molecule has 2 aliphatic rings. The van der Waals surface area contributed by atoms with Crippen molar-refractivity contribution in [3.8, 4) is 17.2 Å². The molecule has 2 aliphatic heterocycles. The maximum absolute atomic E-state index is 12.8. The second-order valence-electron chi connectivity index (χ2n) is 8.37. The molecular formula is C25H29NO5. The van der Waals surface area contributed by atoms with E-state index in [1.807, 2.05) is 51.1 Å². The molecular weight excluding hydrogens is 394 g/mol. The summed E-state index contributed by atoms with van der Waals surface area (Å²) in [6.45, 7) is 7.51. The Morgan fingerprint density at radius 1 is 1.06 bits per heavy atom. The molecule has 6 nitrogen and oxygen atoms in total. The van der Waals surface area contributed by atoms with Crippen molar-refractivity contribution in [1.82, 2.24) is 4.90 Å². The van der Waals surface area contributed by atoms with Gasteiger partial charge < -0.3 is 19.1 Å². The van der Waals surface area contributed by atoms with Crippen LogP contribution in [-0.2, 0) is 4.79 Å². The largest absolute Gasteiger partial charge is 0.490 e. The Hall–Kier alpha value is -3.02. The standard InChI is InChI=1S/C25H29NO5/c1-4-29-21-7-5-6-8-22(21)30-16-24(28)26-11-9-25(10-12-26)15-20(27)19-13-17(2)18(3)14-23(19)31-25/h5-8,13-14H,4,9-12,15-16H2,1-3H3. The molecule has 1 spiro atoms. The summed E-state index contributed by atoms with van der Waals surface area (Å²) in [5.74, 6) is 1.92. The molecule has 1 saturated heterocycles. The van der Waals surface area contributed by atoms with Crippen LogP contribution in [0.3, 0.4) is 0 Å². The topological polar surface area (TPSA) is 65.1 Å². The lowest BCUT2D eigenvalue weighted by molar-refractivity contribution is -0.136. The summed E-state index contributed by atoms with van der Waals surface area (Å²) in [6, 6.07) is 11.2. The van der Waals surface area contributed by atoms with E-state index in [0.29, 0.717) is 61.8 Å². The summed E-state index contributed by atoms with van der Waals surface area (Å²) in [5.41, 5.74) is 2.36. The van der Waals surface area contributed by atoms with Crippen LogP contribution in [0, 0.1) is 13.8 Å². The zero-order valence-corrected chi connectivity index (χ0v) is 18.4. The molecule has 164 valence electrons. The fraction of sp³-hybridized carbons (Fsp3) is 0.440. The summed E-state index contributed by atoms with van der Waals surface area (Å²) >= 11 is 0. The number of nitrogens with zero attached hydrogens (tertiary/aromatic N) is 1. The first-order chi connectivity index (χ1) is 14.9. The minimum atomic E-state index is -0.523. The van der Waals surface area contributed by atoms with Gasteiger partial charge in [0.05, 0.1) is 18.6 Å². The number of likely N-dealkylation sites (tertiary alicyclic amines) is 1. The van der Waals surface area contributed by atoms with E-state index in [1.54, 1.807) is 11.0 Å².